The van der Waals surface area contributed by atoms with Gasteiger partial charge < -0.3 is 5.73 Å². The SMILES string of the molecule is Cc1cc(=O)n2nc(CN(C)C(CN)C3CC3)sc2n1. The monoisotopic (exact) mass is 293 g/mol. The van der Waals surface area contributed by atoms with Crippen molar-refractivity contribution >= 4 is 16.3 Å². The summed E-state index contributed by atoms with van der Waals surface area (Å²) >= 11 is 1.47. The number of nitrogens with two attached hydrogens (primary N) is 1. The summed E-state index contributed by atoms with van der Waals surface area (Å²) < 4.78 is 1.38. The molecule has 2 heterocycles. The van der Waals surface area contributed by atoms with Gasteiger partial charge in [0.05, 0.1) is 6.54 Å². The van der Waals surface area contributed by atoms with Crippen molar-refractivity contribution in [3.05, 3.63) is 27.1 Å². The lowest BCUT2D eigenvalue weighted by atomic mass is 10.1. The molecule has 108 valence electrons. The van der Waals surface area contributed by atoms with E-state index in [1.165, 1.54) is 34.8 Å². The van der Waals surface area contributed by atoms with Crippen LogP contribution in [0.5, 0.6) is 0 Å². The van der Waals surface area contributed by atoms with E-state index in [2.05, 4.69) is 22.0 Å². The van der Waals surface area contributed by atoms with Crippen molar-refractivity contribution in [2.45, 2.75) is 32.4 Å². The number of aryl methyl sites for hydroxylation is 1. The van der Waals surface area contributed by atoms with Gasteiger partial charge in [-0.3, -0.25) is 9.69 Å². The molecule has 6 nitrogen and oxygen atoms in total. The van der Waals surface area contributed by atoms with E-state index in [1.54, 1.807) is 0 Å². The van der Waals surface area contributed by atoms with Crippen molar-refractivity contribution in [3.63, 3.8) is 0 Å². The molecule has 1 aliphatic carbocycles. The van der Waals surface area contributed by atoms with Crippen LogP contribution < -0.4 is 11.3 Å². The number of fused-ring (bicyclic) bond motifs is 1. The zero-order valence-corrected chi connectivity index (χ0v) is 12.6. The van der Waals surface area contributed by atoms with Crippen LogP contribution in [0.1, 0.15) is 23.5 Å². The molecule has 1 atom stereocenters. The van der Waals surface area contributed by atoms with Gasteiger partial charge in [-0.1, -0.05) is 11.3 Å². The van der Waals surface area contributed by atoms with E-state index in [9.17, 15) is 4.79 Å². The van der Waals surface area contributed by atoms with Crippen molar-refractivity contribution in [1.29, 1.82) is 0 Å². The highest BCUT2D eigenvalue weighted by molar-refractivity contribution is 7.16. The summed E-state index contributed by atoms with van der Waals surface area (Å²) in [5.74, 6) is 0.725. The lowest BCUT2D eigenvalue weighted by Crippen LogP contribution is -2.39. The maximum Gasteiger partial charge on any atom is 0.275 e. The molecule has 0 saturated heterocycles. The van der Waals surface area contributed by atoms with Crippen molar-refractivity contribution < 1.29 is 0 Å². The summed E-state index contributed by atoms with van der Waals surface area (Å²) in [6.45, 7) is 3.21. The minimum atomic E-state index is -0.116. The summed E-state index contributed by atoms with van der Waals surface area (Å²) in [6, 6.07) is 1.92. The Hall–Kier alpha value is -1.31. The van der Waals surface area contributed by atoms with Crippen LogP contribution in [-0.4, -0.2) is 39.1 Å². The Balaban J connectivity index is 1.83. The molecule has 2 aromatic heterocycles. The first-order valence-corrected chi connectivity index (χ1v) is 7.67. The van der Waals surface area contributed by atoms with Crippen molar-refractivity contribution in [2.24, 2.45) is 11.7 Å². The number of aromatic nitrogens is 3. The molecule has 20 heavy (non-hydrogen) atoms. The van der Waals surface area contributed by atoms with Gasteiger partial charge in [-0.15, -0.1) is 0 Å². The summed E-state index contributed by atoms with van der Waals surface area (Å²) in [5, 5.41) is 5.27. The van der Waals surface area contributed by atoms with Gasteiger partial charge >= 0.3 is 0 Å². The van der Waals surface area contributed by atoms with Crippen molar-refractivity contribution in [3.8, 4) is 0 Å². The van der Waals surface area contributed by atoms with Gasteiger partial charge in [0, 0.05) is 24.3 Å². The van der Waals surface area contributed by atoms with E-state index in [-0.39, 0.29) is 5.56 Å². The zero-order valence-electron chi connectivity index (χ0n) is 11.7. The zero-order chi connectivity index (χ0) is 14.3. The Morgan fingerprint density at radius 2 is 2.35 bits per heavy atom. The smallest absolute Gasteiger partial charge is 0.275 e. The summed E-state index contributed by atoms with van der Waals surface area (Å²) in [4.78, 5) is 19.1. The fourth-order valence-electron chi connectivity index (χ4n) is 2.57. The lowest BCUT2D eigenvalue weighted by Gasteiger charge is -2.25. The molecular formula is C13H19N5OS. The number of hydrogen-bond donors (Lipinski definition) is 1. The van der Waals surface area contributed by atoms with Gasteiger partial charge in [-0.05, 0) is 32.7 Å². The minimum Gasteiger partial charge on any atom is -0.329 e. The molecule has 0 bridgehead atoms. The largest absolute Gasteiger partial charge is 0.329 e. The number of hydrogen-bond acceptors (Lipinski definition) is 6. The van der Waals surface area contributed by atoms with Crippen LogP contribution in [-0.2, 0) is 6.54 Å². The van der Waals surface area contributed by atoms with Gasteiger partial charge in [-0.2, -0.15) is 9.61 Å². The molecule has 0 spiro atoms. The van der Waals surface area contributed by atoms with E-state index < -0.39 is 0 Å². The highest BCUT2D eigenvalue weighted by Crippen LogP contribution is 2.35. The molecule has 2 aromatic rings. The molecule has 2 N–H and O–H groups in total. The van der Waals surface area contributed by atoms with E-state index in [0.717, 1.165) is 16.6 Å². The maximum absolute atomic E-state index is 11.8. The second-order valence-corrected chi connectivity index (χ2v) is 6.52. The molecule has 1 aliphatic rings. The lowest BCUT2D eigenvalue weighted by molar-refractivity contribution is 0.215. The topological polar surface area (TPSA) is 76.5 Å². The Morgan fingerprint density at radius 1 is 1.60 bits per heavy atom. The van der Waals surface area contributed by atoms with Crippen molar-refractivity contribution in [1.82, 2.24) is 19.5 Å². The van der Waals surface area contributed by atoms with Gasteiger partial charge in [-0.25, -0.2) is 4.98 Å². The highest BCUT2D eigenvalue weighted by atomic mass is 32.1. The molecule has 0 amide bonds. The van der Waals surface area contributed by atoms with Gasteiger partial charge in [0.15, 0.2) is 0 Å². The second-order valence-electron chi connectivity index (χ2n) is 5.48. The van der Waals surface area contributed by atoms with E-state index in [0.29, 0.717) is 24.1 Å². The Morgan fingerprint density at radius 3 is 3.00 bits per heavy atom. The summed E-state index contributed by atoms with van der Waals surface area (Å²) in [6.07, 6.45) is 2.54. The van der Waals surface area contributed by atoms with Crippen LogP contribution in [0.25, 0.3) is 4.96 Å². The average molecular weight is 293 g/mol. The molecule has 7 heteroatoms. The minimum absolute atomic E-state index is 0.116. The second kappa shape index (κ2) is 5.23. The van der Waals surface area contributed by atoms with Crippen LogP contribution in [0.15, 0.2) is 10.9 Å². The first-order chi connectivity index (χ1) is 9.58. The van der Waals surface area contributed by atoms with Crippen LogP contribution in [0.3, 0.4) is 0 Å². The Kier molecular flexibility index (Phi) is 3.57. The Labute approximate surface area is 121 Å². The number of nitrogens with zero attached hydrogens (tertiary/aromatic N) is 4. The number of rotatable bonds is 5. The molecule has 1 unspecified atom stereocenters. The van der Waals surface area contributed by atoms with E-state index >= 15 is 0 Å². The predicted octanol–water partition coefficient (Wildman–Crippen LogP) is 0.629. The highest BCUT2D eigenvalue weighted by Gasteiger charge is 2.33. The maximum atomic E-state index is 11.8. The summed E-state index contributed by atoms with van der Waals surface area (Å²) in [5.41, 5.74) is 6.48. The van der Waals surface area contributed by atoms with Crippen LogP contribution in [0.4, 0.5) is 0 Å². The fourth-order valence-corrected chi connectivity index (χ4v) is 3.58. The van der Waals surface area contributed by atoms with Crippen LogP contribution in [0.2, 0.25) is 0 Å². The third-order valence-electron chi connectivity index (χ3n) is 3.77. The Bertz CT molecular complexity index is 675. The van der Waals surface area contributed by atoms with E-state index in [1.807, 2.05) is 6.92 Å². The molecule has 0 radical (unpaired) electrons. The molecule has 1 fully saturated rings. The third-order valence-corrected chi connectivity index (χ3v) is 4.67. The van der Waals surface area contributed by atoms with Gasteiger partial charge in [0.1, 0.15) is 5.01 Å². The van der Waals surface area contributed by atoms with Gasteiger partial charge in [0.2, 0.25) is 4.96 Å². The molecule has 3 rings (SSSR count). The van der Waals surface area contributed by atoms with Crippen molar-refractivity contribution in [2.75, 3.05) is 13.6 Å². The molecule has 0 aliphatic heterocycles. The molecular weight excluding hydrogens is 274 g/mol. The van der Waals surface area contributed by atoms with Crippen LogP contribution in [0, 0.1) is 12.8 Å². The number of likely N-dealkylation sites (N-methyl/N-ethyl adjacent to an activating group) is 1. The first-order valence-electron chi connectivity index (χ1n) is 6.85. The normalized spacial score (nSPS) is 17.0. The first kappa shape index (κ1) is 13.7. The van der Waals surface area contributed by atoms with Gasteiger partial charge in [0.25, 0.3) is 5.56 Å². The van der Waals surface area contributed by atoms with E-state index in [4.69, 9.17) is 5.73 Å². The quantitative estimate of drug-likeness (QED) is 0.875. The average Bonchev–Trinajstić information content (AvgIpc) is 3.11. The predicted molar refractivity (Wildman–Crippen MR) is 78.9 cm³/mol. The third kappa shape index (κ3) is 2.61. The van der Waals surface area contributed by atoms with Crippen LogP contribution >= 0.6 is 11.3 Å². The fraction of sp³-hybridized carbons (Fsp3) is 0.615. The molecule has 0 aromatic carbocycles. The molecule has 1 saturated carbocycles. The standard InChI is InChI=1S/C13H19N5OS/c1-8-5-12(19)18-13(15-8)20-11(16-18)7-17(2)10(6-14)9-3-4-9/h5,9-10H,3-4,6-7,14H2,1-2H3. The summed E-state index contributed by atoms with van der Waals surface area (Å²) in [7, 11) is 2.07.